The molecule has 3 rings (SSSR count). The topological polar surface area (TPSA) is 133 Å². The van der Waals surface area contributed by atoms with Gasteiger partial charge in [-0.25, -0.2) is 9.48 Å². The summed E-state index contributed by atoms with van der Waals surface area (Å²) in [5, 5.41) is 15.4. The molecule has 2 aromatic heterocycles. The first-order valence-electron chi connectivity index (χ1n) is 11.9. The lowest BCUT2D eigenvalue weighted by molar-refractivity contribution is -0.0617. The van der Waals surface area contributed by atoms with Gasteiger partial charge in [-0.05, 0) is 12.8 Å². The van der Waals surface area contributed by atoms with Gasteiger partial charge in [0.1, 0.15) is 18.0 Å². The fourth-order valence-electron chi connectivity index (χ4n) is 3.97. The predicted molar refractivity (Wildman–Crippen MR) is 130 cm³/mol. The summed E-state index contributed by atoms with van der Waals surface area (Å²) in [7, 11) is 4.18. The summed E-state index contributed by atoms with van der Waals surface area (Å²) in [6.07, 6.45) is 6.72. The number of rotatable bonds is 10. The highest BCUT2D eigenvalue weighted by molar-refractivity contribution is 5.54. The van der Waals surface area contributed by atoms with E-state index in [1.54, 1.807) is 20.4 Å². The van der Waals surface area contributed by atoms with Gasteiger partial charge in [0.05, 0.1) is 30.5 Å². The lowest BCUT2D eigenvalue weighted by atomic mass is 10.1. The minimum atomic E-state index is -0.568. The number of nitrogens with zero attached hydrogens (tertiary/aromatic N) is 4. The molecule has 2 aromatic rings. The van der Waals surface area contributed by atoms with Crippen LogP contribution in [0.1, 0.15) is 72.1 Å². The fraction of sp³-hybridized carbons (Fsp3) is 0.739. The Kier molecular flexibility index (Phi) is 13.6. The molecule has 1 saturated heterocycles. The van der Waals surface area contributed by atoms with Crippen LogP contribution < -0.4 is 11.2 Å². The van der Waals surface area contributed by atoms with Gasteiger partial charge in [0, 0.05) is 33.9 Å². The second-order valence-electron chi connectivity index (χ2n) is 7.62. The van der Waals surface area contributed by atoms with Crippen LogP contribution in [-0.4, -0.2) is 69.8 Å². The van der Waals surface area contributed by atoms with Crippen LogP contribution in [0.3, 0.4) is 0 Å². The number of nitrogens with one attached hydrogen (secondary N) is 1. The van der Waals surface area contributed by atoms with Crippen LogP contribution in [0.15, 0.2) is 22.0 Å². The van der Waals surface area contributed by atoms with Gasteiger partial charge in [-0.2, -0.15) is 0 Å². The lowest BCUT2D eigenvalue weighted by Gasteiger charge is -2.16. The molecular weight excluding hydrogens is 442 g/mol. The molecule has 0 aliphatic carbocycles. The van der Waals surface area contributed by atoms with Gasteiger partial charge in [-0.1, -0.05) is 45.7 Å². The van der Waals surface area contributed by atoms with E-state index in [0.29, 0.717) is 18.7 Å². The smallest absolute Gasteiger partial charge is 0.330 e. The molecule has 0 aromatic carbocycles. The number of aromatic amines is 1. The highest BCUT2D eigenvalue weighted by Crippen LogP contribution is 2.30. The Labute approximate surface area is 201 Å². The summed E-state index contributed by atoms with van der Waals surface area (Å²) in [6.45, 7) is 8.62. The van der Waals surface area contributed by atoms with Gasteiger partial charge in [-0.3, -0.25) is 14.3 Å². The number of hydrogen-bond donors (Lipinski definition) is 2. The molecule has 0 amide bonds. The highest BCUT2D eigenvalue weighted by Gasteiger charge is 2.37. The van der Waals surface area contributed by atoms with Crippen LogP contribution >= 0.6 is 0 Å². The summed E-state index contributed by atoms with van der Waals surface area (Å²) >= 11 is 0. The van der Waals surface area contributed by atoms with Crippen LogP contribution in [0, 0.1) is 0 Å². The number of aromatic nitrogens is 5. The van der Waals surface area contributed by atoms with Gasteiger partial charge in [0.15, 0.2) is 0 Å². The molecular formula is C23H41N5O6. The number of aliphatic hydroxyl groups excluding tert-OH is 1. The van der Waals surface area contributed by atoms with Crippen LogP contribution in [0.5, 0.6) is 0 Å². The molecule has 1 aliphatic rings. The van der Waals surface area contributed by atoms with Crippen molar-refractivity contribution in [1.82, 2.24) is 24.5 Å². The van der Waals surface area contributed by atoms with Crippen molar-refractivity contribution in [2.24, 2.45) is 0 Å². The van der Waals surface area contributed by atoms with Gasteiger partial charge >= 0.3 is 5.69 Å². The van der Waals surface area contributed by atoms with Gasteiger partial charge in [0.25, 0.3) is 5.56 Å². The minimum absolute atomic E-state index is 0.207. The third kappa shape index (κ3) is 7.33. The van der Waals surface area contributed by atoms with E-state index in [9.17, 15) is 9.59 Å². The standard InChI is InChI=1S/C20H31N5O5.C2H6.CH4O/c1-5-7-13(8-6-2)25-11-15(22-23-25)14-10-24(20(27)21-19(14)26)18-9-16(29-4)17(30-18)12-28-3;2*1-2/h10-11,13,16-18H,5-9,12H2,1-4H3,(H,21,26,27);1-2H3;2H,1H3/t16-,17?,18-;;/m1../s1. The Morgan fingerprint density at radius 2 is 1.82 bits per heavy atom. The maximum absolute atomic E-state index is 12.5. The zero-order chi connectivity index (χ0) is 25.7. The molecule has 3 atom stereocenters. The number of aliphatic hydroxyl groups is 1. The van der Waals surface area contributed by atoms with E-state index in [1.807, 2.05) is 18.5 Å². The third-order valence-corrected chi connectivity index (χ3v) is 5.50. The van der Waals surface area contributed by atoms with Crippen molar-refractivity contribution in [2.75, 3.05) is 27.9 Å². The summed E-state index contributed by atoms with van der Waals surface area (Å²) in [4.78, 5) is 27.3. The summed E-state index contributed by atoms with van der Waals surface area (Å²) in [6, 6.07) is 0.238. The molecule has 2 N–H and O–H groups in total. The SMILES string of the molecule is CC.CCCC(CCC)n1cc(-c2cn([C@H]3C[C@@H](OC)C(COC)O3)c(=O)[nH]c2=O)nn1.CO. The Balaban J connectivity index is 0.00000137. The zero-order valence-electron chi connectivity index (χ0n) is 21.5. The Hall–Kier alpha value is -2.34. The number of H-pyrrole nitrogens is 1. The molecule has 0 radical (unpaired) electrons. The largest absolute Gasteiger partial charge is 0.400 e. The van der Waals surface area contributed by atoms with Gasteiger partial charge < -0.3 is 19.3 Å². The van der Waals surface area contributed by atoms with Crippen molar-refractivity contribution in [3.63, 3.8) is 0 Å². The average molecular weight is 484 g/mol. The number of hydrogen-bond acceptors (Lipinski definition) is 8. The first-order valence-corrected chi connectivity index (χ1v) is 11.9. The van der Waals surface area contributed by atoms with Crippen molar-refractivity contribution < 1.29 is 19.3 Å². The second kappa shape index (κ2) is 15.5. The van der Waals surface area contributed by atoms with E-state index in [2.05, 4.69) is 29.1 Å². The van der Waals surface area contributed by atoms with Crippen molar-refractivity contribution in [3.05, 3.63) is 33.2 Å². The van der Waals surface area contributed by atoms with Crippen LogP contribution in [0.4, 0.5) is 0 Å². The summed E-state index contributed by atoms with van der Waals surface area (Å²) in [5.74, 6) is 0. The third-order valence-electron chi connectivity index (χ3n) is 5.50. The van der Waals surface area contributed by atoms with Crippen molar-refractivity contribution in [2.45, 2.75) is 84.3 Å². The Morgan fingerprint density at radius 1 is 1.18 bits per heavy atom. The van der Waals surface area contributed by atoms with Gasteiger partial charge in [0.2, 0.25) is 0 Å². The van der Waals surface area contributed by atoms with Gasteiger partial charge in [-0.15, -0.1) is 5.10 Å². The number of methoxy groups -OCH3 is 2. The van der Waals surface area contributed by atoms with E-state index in [4.69, 9.17) is 19.3 Å². The Morgan fingerprint density at radius 3 is 2.38 bits per heavy atom. The van der Waals surface area contributed by atoms with Crippen LogP contribution in [0.25, 0.3) is 11.3 Å². The van der Waals surface area contributed by atoms with E-state index >= 15 is 0 Å². The molecule has 1 unspecified atom stereocenters. The average Bonchev–Trinajstić information content (AvgIpc) is 3.49. The second-order valence-corrected chi connectivity index (χ2v) is 7.62. The van der Waals surface area contributed by atoms with E-state index < -0.39 is 17.5 Å². The predicted octanol–water partition coefficient (Wildman–Crippen LogP) is 2.52. The van der Waals surface area contributed by atoms with E-state index in [0.717, 1.165) is 32.8 Å². The first-order chi connectivity index (χ1) is 16.5. The van der Waals surface area contributed by atoms with E-state index in [-0.39, 0.29) is 23.8 Å². The highest BCUT2D eigenvalue weighted by atomic mass is 16.6. The summed E-state index contributed by atoms with van der Waals surface area (Å²) in [5.41, 5.74) is -0.332. The molecule has 0 bridgehead atoms. The normalized spacial score (nSPS) is 19.4. The van der Waals surface area contributed by atoms with Crippen LogP contribution in [-0.2, 0) is 14.2 Å². The Bertz CT molecular complexity index is 934. The molecule has 1 aliphatic heterocycles. The molecule has 0 spiro atoms. The van der Waals surface area contributed by atoms with Crippen molar-refractivity contribution >= 4 is 0 Å². The molecule has 0 saturated carbocycles. The van der Waals surface area contributed by atoms with Crippen molar-refractivity contribution in [1.29, 1.82) is 0 Å². The molecule has 194 valence electrons. The molecule has 3 heterocycles. The minimum Gasteiger partial charge on any atom is -0.400 e. The molecule has 11 nitrogen and oxygen atoms in total. The fourth-order valence-corrected chi connectivity index (χ4v) is 3.97. The van der Waals surface area contributed by atoms with Crippen molar-refractivity contribution in [3.8, 4) is 11.3 Å². The van der Waals surface area contributed by atoms with E-state index in [1.165, 1.54) is 10.8 Å². The first kappa shape index (κ1) is 29.7. The summed E-state index contributed by atoms with van der Waals surface area (Å²) < 4.78 is 19.8. The number of ether oxygens (including phenoxy) is 3. The maximum atomic E-state index is 12.5. The monoisotopic (exact) mass is 483 g/mol. The maximum Gasteiger partial charge on any atom is 0.330 e. The molecule has 1 fully saturated rings. The quantitative estimate of drug-likeness (QED) is 0.527. The van der Waals surface area contributed by atoms with Crippen LogP contribution in [0.2, 0.25) is 0 Å². The lowest BCUT2D eigenvalue weighted by Crippen LogP contribution is -2.33. The zero-order valence-corrected chi connectivity index (χ0v) is 21.5. The molecule has 34 heavy (non-hydrogen) atoms. The molecule has 11 heteroatoms.